The number of hydrogen-bond donors (Lipinski definition) is 0. The summed E-state index contributed by atoms with van der Waals surface area (Å²) in [6, 6.07) is 5.60. The van der Waals surface area contributed by atoms with Gasteiger partial charge >= 0.3 is 0 Å². The van der Waals surface area contributed by atoms with Crippen LogP contribution in [0.2, 0.25) is 0 Å². The van der Waals surface area contributed by atoms with Crippen LogP contribution >= 0.6 is 0 Å². The van der Waals surface area contributed by atoms with Crippen LogP contribution in [0.15, 0.2) is 24.4 Å². The Balaban J connectivity index is 1.41. The molecule has 142 valence electrons. The maximum absolute atomic E-state index is 14.5. The van der Waals surface area contributed by atoms with E-state index < -0.39 is 12.1 Å². The predicted molar refractivity (Wildman–Crippen MR) is 97.2 cm³/mol. The first-order chi connectivity index (χ1) is 12.6. The summed E-state index contributed by atoms with van der Waals surface area (Å²) >= 11 is 0. The highest BCUT2D eigenvalue weighted by atomic mass is 19.1. The first-order valence-electron chi connectivity index (χ1n) is 9.64. The van der Waals surface area contributed by atoms with E-state index in [1.54, 1.807) is 18.1 Å². The molecule has 2 heterocycles. The molecule has 6 heteroatoms. The lowest BCUT2D eigenvalue weighted by Crippen LogP contribution is -2.62. The van der Waals surface area contributed by atoms with Crippen LogP contribution in [0.25, 0.3) is 0 Å². The molecular formula is C20H28FN3O2. The van der Waals surface area contributed by atoms with E-state index in [-0.39, 0.29) is 17.9 Å². The highest BCUT2D eigenvalue weighted by molar-refractivity contribution is 5.82. The number of carbonyl (C=O) groups excluding carboxylic acids is 2. The Morgan fingerprint density at radius 1 is 1.27 bits per heavy atom. The summed E-state index contributed by atoms with van der Waals surface area (Å²) in [6.07, 6.45) is 6.15. The van der Waals surface area contributed by atoms with Gasteiger partial charge in [0, 0.05) is 38.4 Å². The van der Waals surface area contributed by atoms with Gasteiger partial charge in [0.1, 0.15) is 0 Å². The lowest BCUT2D eigenvalue weighted by atomic mass is 9.85. The molecule has 0 aromatic carbocycles. The standard InChI is InChI=1S/C20H28FN3O2/c1-23(20(26)19(21)15-7-3-2-4-8-15)17-13-24(14-17)18(25)11-10-16-9-5-6-12-22-16/h5-6,9,12,15,17,19H,2-4,7-8,10-11,13-14H2,1H3. The Labute approximate surface area is 154 Å². The second-order valence-corrected chi connectivity index (χ2v) is 7.52. The molecule has 0 N–H and O–H groups in total. The van der Waals surface area contributed by atoms with Crippen molar-refractivity contribution in [3.8, 4) is 0 Å². The molecule has 1 saturated heterocycles. The van der Waals surface area contributed by atoms with Crippen molar-refractivity contribution in [2.75, 3.05) is 20.1 Å². The zero-order chi connectivity index (χ0) is 18.5. The Bertz CT molecular complexity index is 613. The molecule has 26 heavy (non-hydrogen) atoms. The van der Waals surface area contributed by atoms with Gasteiger partial charge in [-0.25, -0.2) is 4.39 Å². The average Bonchev–Trinajstić information content (AvgIpc) is 2.65. The third kappa shape index (κ3) is 4.40. The molecule has 1 aliphatic heterocycles. The maximum atomic E-state index is 14.5. The number of halogens is 1. The maximum Gasteiger partial charge on any atom is 0.257 e. The Kier molecular flexibility index (Phi) is 6.22. The van der Waals surface area contributed by atoms with Crippen molar-refractivity contribution in [3.63, 3.8) is 0 Å². The predicted octanol–water partition coefficient (Wildman–Crippen LogP) is 2.60. The minimum Gasteiger partial charge on any atom is -0.338 e. The Hall–Kier alpha value is -1.98. The molecule has 1 saturated carbocycles. The van der Waals surface area contributed by atoms with E-state index >= 15 is 0 Å². The quantitative estimate of drug-likeness (QED) is 0.783. The third-order valence-corrected chi connectivity index (χ3v) is 5.73. The number of likely N-dealkylation sites (N-methyl/N-ethyl adjacent to an activating group) is 1. The summed E-state index contributed by atoms with van der Waals surface area (Å²) in [5, 5.41) is 0. The van der Waals surface area contributed by atoms with Crippen LogP contribution in [0.1, 0.15) is 44.2 Å². The van der Waals surface area contributed by atoms with Crippen molar-refractivity contribution >= 4 is 11.8 Å². The smallest absolute Gasteiger partial charge is 0.257 e. The van der Waals surface area contributed by atoms with Gasteiger partial charge in [-0.15, -0.1) is 0 Å². The summed E-state index contributed by atoms with van der Waals surface area (Å²) in [4.78, 5) is 32.1. The minimum atomic E-state index is -1.39. The van der Waals surface area contributed by atoms with Gasteiger partial charge in [-0.1, -0.05) is 25.3 Å². The molecule has 2 fully saturated rings. The van der Waals surface area contributed by atoms with Gasteiger partial charge in [-0.2, -0.15) is 0 Å². The van der Waals surface area contributed by atoms with Crippen molar-refractivity contribution in [3.05, 3.63) is 30.1 Å². The molecule has 3 rings (SSSR count). The summed E-state index contributed by atoms with van der Waals surface area (Å²) < 4.78 is 14.5. The van der Waals surface area contributed by atoms with Gasteiger partial charge in [-0.05, 0) is 37.3 Å². The Morgan fingerprint density at radius 3 is 2.65 bits per heavy atom. The highest BCUT2D eigenvalue weighted by Crippen LogP contribution is 2.29. The lowest BCUT2D eigenvalue weighted by Gasteiger charge is -2.44. The summed E-state index contributed by atoms with van der Waals surface area (Å²) in [6.45, 7) is 1.00. The molecule has 1 atom stereocenters. The molecule has 0 spiro atoms. The number of rotatable bonds is 6. The van der Waals surface area contributed by atoms with Gasteiger partial charge in [-0.3, -0.25) is 14.6 Å². The van der Waals surface area contributed by atoms with Gasteiger partial charge in [0.05, 0.1) is 6.04 Å². The SMILES string of the molecule is CN(C(=O)C(F)C1CCCCC1)C1CN(C(=O)CCc2ccccn2)C1. The summed E-state index contributed by atoms with van der Waals surface area (Å²) in [5.41, 5.74) is 0.901. The molecule has 1 aromatic heterocycles. The largest absolute Gasteiger partial charge is 0.338 e. The van der Waals surface area contributed by atoms with E-state index in [1.807, 2.05) is 18.2 Å². The lowest BCUT2D eigenvalue weighted by molar-refractivity contribution is -0.149. The van der Waals surface area contributed by atoms with Crippen molar-refractivity contribution in [2.24, 2.45) is 5.92 Å². The van der Waals surface area contributed by atoms with Gasteiger partial charge < -0.3 is 9.80 Å². The first-order valence-corrected chi connectivity index (χ1v) is 9.64. The van der Waals surface area contributed by atoms with E-state index in [0.717, 1.165) is 37.8 Å². The van der Waals surface area contributed by atoms with Crippen LogP contribution in [-0.4, -0.2) is 58.9 Å². The summed E-state index contributed by atoms with van der Waals surface area (Å²) in [7, 11) is 1.66. The number of carbonyl (C=O) groups is 2. The molecule has 2 amide bonds. The average molecular weight is 361 g/mol. The number of aromatic nitrogens is 1. The molecule has 1 aliphatic carbocycles. The number of hydrogen-bond acceptors (Lipinski definition) is 3. The molecule has 2 aliphatic rings. The van der Waals surface area contributed by atoms with Crippen molar-refractivity contribution in [1.29, 1.82) is 0 Å². The second-order valence-electron chi connectivity index (χ2n) is 7.52. The van der Waals surface area contributed by atoms with Crippen LogP contribution in [0.4, 0.5) is 4.39 Å². The fourth-order valence-electron chi connectivity index (χ4n) is 3.85. The normalized spacial score (nSPS) is 19.7. The topological polar surface area (TPSA) is 53.5 Å². The molecule has 1 unspecified atom stereocenters. The van der Waals surface area contributed by atoms with E-state index in [2.05, 4.69) is 4.98 Å². The summed E-state index contributed by atoms with van der Waals surface area (Å²) in [5.74, 6) is -0.478. The van der Waals surface area contributed by atoms with E-state index in [4.69, 9.17) is 0 Å². The van der Waals surface area contributed by atoms with Crippen molar-refractivity contribution < 1.29 is 14.0 Å². The van der Waals surface area contributed by atoms with E-state index in [0.29, 0.717) is 25.9 Å². The van der Waals surface area contributed by atoms with Gasteiger partial charge in [0.2, 0.25) is 5.91 Å². The monoisotopic (exact) mass is 361 g/mol. The number of pyridine rings is 1. The molecule has 0 radical (unpaired) electrons. The zero-order valence-corrected chi connectivity index (χ0v) is 15.4. The highest BCUT2D eigenvalue weighted by Gasteiger charge is 2.39. The fraction of sp³-hybridized carbons (Fsp3) is 0.650. The zero-order valence-electron chi connectivity index (χ0n) is 15.4. The van der Waals surface area contributed by atoms with Crippen molar-refractivity contribution in [1.82, 2.24) is 14.8 Å². The number of nitrogens with zero attached hydrogens (tertiary/aromatic N) is 3. The van der Waals surface area contributed by atoms with Gasteiger partial charge in [0.25, 0.3) is 5.91 Å². The number of amides is 2. The van der Waals surface area contributed by atoms with Gasteiger partial charge in [0.15, 0.2) is 6.17 Å². The van der Waals surface area contributed by atoms with Crippen LogP contribution in [0.5, 0.6) is 0 Å². The first kappa shape index (κ1) is 18.8. The molecule has 1 aromatic rings. The molecule has 0 bridgehead atoms. The molecular weight excluding hydrogens is 333 g/mol. The van der Waals surface area contributed by atoms with E-state index in [9.17, 15) is 14.0 Å². The van der Waals surface area contributed by atoms with Crippen LogP contribution in [0.3, 0.4) is 0 Å². The van der Waals surface area contributed by atoms with Crippen LogP contribution < -0.4 is 0 Å². The second kappa shape index (κ2) is 8.60. The number of likely N-dealkylation sites (tertiary alicyclic amines) is 1. The van der Waals surface area contributed by atoms with Crippen LogP contribution in [-0.2, 0) is 16.0 Å². The minimum absolute atomic E-state index is 0.0665. The van der Waals surface area contributed by atoms with Crippen LogP contribution in [0, 0.1) is 5.92 Å². The molecule has 5 nitrogen and oxygen atoms in total. The Morgan fingerprint density at radius 2 is 2.00 bits per heavy atom. The van der Waals surface area contributed by atoms with Crippen molar-refractivity contribution in [2.45, 2.75) is 57.2 Å². The third-order valence-electron chi connectivity index (χ3n) is 5.73. The fourth-order valence-corrected chi connectivity index (χ4v) is 3.85. The van der Waals surface area contributed by atoms with E-state index in [1.165, 1.54) is 4.90 Å². The number of alkyl halides is 1. The number of aryl methyl sites for hydroxylation is 1.